The van der Waals surface area contributed by atoms with Crippen molar-refractivity contribution in [2.24, 2.45) is 0 Å². The lowest BCUT2D eigenvalue weighted by Crippen LogP contribution is -2.30. The second-order valence-electron chi connectivity index (χ2n) is 9.90. The molecule has 5 aromatic carbocycles. The van der Waals surface area contributed by atoms with Crippen molar-refractivity contribution in [3.05, 3.63) is 165 Å². The molecule has 3 amide bonds. The SMILES string of the molecule is O=C(Nc1ccc(SC(C(=O)Nc2ccccc2Cl)c2ccccc2)cc1)/C(=C/c1ccc(Cl)cc1Cl)NC(=O)c1ccccc1. The van der Waals surface area contributed by atoms with Crippen molar-refractivity contribution in [2.45, 2.75) is 10.1 Å². The lowest BCUT2D eigenvalue weighted by Gasteiger charge is -2.18. The third kappa shape index (κ3) is 8.80. The molecule has 0 fully saturated rings. The monoisotopic (exact) mass is 685 g/mol. The minimum atomic E-state index is -0.579. The van der Waals surface area contributed by atoms with Crippen molar-refractivity contribution >= 4 is 81.7 Å². The first-order valence-electron chi connectivity index (χ1n) is 14.0. The molecule has 1 unspecified atom stereocenters. The Hall–Kier alpha value is -4.53. The van der Waals surface area contributed by atoms with Gasteiger partial charge in [0.05, 0.1) is 10.7 Å². The molecule has 1 atom stereocenters. The van der Waals surface area contributed by atoms with E-state index < -0.39 is 17.1 Å². The van der Waals surface area contributed by atoms with Crippen LogP contribution in [0.2, 0.25) is 15.1 Å². The number of para-hydroxylation sites is 1. The molecule has 6 nitrogen and oxygen atoms in total. The van der Waals surface area contributed by atoms with Gasteiger partial charge in [-0.3, -0.25) is 14.4 Å². The zero-order valence-corrected chi connectivity index (χ0v) is 27.1. The first-order valence-corrected chi connectivity index (χ1v) is 16.0. The number of carbonyl (C=O) groups is 3. The summed E-state index contributed by atoms with van der Waals surface area (Å²) in [5.74, 6) is -1.25. The van der Waals surface area contributed by atoms with Gasteiger partial charge < -0.3 is 16.0 Å². The van der Waals surface area contributed by atoms with Gasteiger partial charge in [-0.2, -0.15) is 0 Å². The molecule has 5 aromatic rings. The molecule has 46 heavy (non-hydrogen) atoms. The van der Waals surface area contributed by atoms with E-state index in [4.69, 9.17) is 34.8 Å². The average Bonchev–Trinajstić information content (AvgIpc) is 3.07. The van der Waals surface area contributed by atoms with Gasteiger partial charge in [0.2, 0.25) is 5.91 Å². The number of benzene rings is 5. The molecule has 0 aliphatic carbocycles. The van der Waals surface area contributed by atoms with E-state index in [0.717, 1.165) is 10.5 Å². The van der Waals surface area contributed by atoms with Gasteiger partial charge in [-0.15, -0.1) is 11.8 Å². The van der Waals surface area contributed by atoms with Crippen molar-refractivity contribution < 1.29 is 14.4 Å². The molecule has 0 saturated heterocycles. The largest absolute Gasteiger partial charge is 0.323 e. The lowest BCUT2D eigenvalue weighted by atomic mass is 10.1. The first-order chi connectivity index (χ1) is 22.3. The Balaban J connectivity index is 1.34. The molecule has 0 aliphatic rings. The first kappa shape index (κ1) is 32.9. The number of hydrogen-bond acceptors (Lipinski definition) is 4. The second kappa shape index (κ2) is 15.7. The van der Waals surface area contributed by atoms with E-state index in [1.54, 1.807) is 97.1 Å². The zero-order chi connectivity index (χ0) is 32.5. The van der Waals surface area contributed by atoms with Crippen LogP contribution in [0.3, 0.4) is 0 Å². The molecule has 0 aromatic heterocycles. The number of thioether (sulfide) groups is 1. The highest BCUT2D eigenvalue weighted by molar-refractivity contribution is 8.00. The third-order valence-corrected chi connectivity index (χ3v) is 8.79. The van der Waals surface area contributed by atoms with E-state index in [0.29, 0.717) is 37.6 Å². The van der Waals surface area contributed by atoms with Crippen LogP contribution < -0.4 is 16.0 Å². The third-order valence-electron chi connectivity index (χ3n) is 6.63. The molecular weight excluding hydrogens is 661 g/mol. The summed E-state index contributed by atoms with van der Waals surface area (Å²) in [6.07, 6.45) is 1.49. The minimum absolute atomic E-state index is 0.0167. The molecule has 0 bridgehead atoms. The van der Waals surface area contributed by atoms with Crippen LogP contribution in [-0.2, 0) is 9.59 Å². The Morgan fingerprint density at radius 3 is 2.00 bits per heavy atom. The fourth-order valence-electron chi connectivity index (χ4n) is 4.33. The van der Waals surface area contributed by atoms with Crippen LogP contribution in [0.25, 0.3) is 6.08 Å². The van der Waals surface area contributed by atoms with E-state index in [2.05, 4.69) is 16.0 Å². The second-order valence-corrected chi connectivity index (χ2v) is 12.3. The van der Waals surface area contributed by atoms with Gasteiger partial charge >= 0.3 is 0 Å². The Morgan fingerprint density at radius 2 is 1.33 bits per heavy atom. The summed E-state index contributed by atoms with van der Waals surface area (Å²) >= 11 is 20.0. The van der Waals surface area contributed by atoms with Crippen LogP contribution in [0.15, 0.2) is 138 Å². The molecule has 0 radical (unpaired) electrons. The number of carbonyl (C=O) groups excluding carboxylic acids is 3. The highest BCUT2D eigenvalue weighted by atomic mass is 35.5. The van der Waals surface area contributed by atoms with Gasteiger partial charge in [0.15, 0.2) is 0 Å². The highest BCUT2D eigenvalue weighted by Crippen LogP contribution is 2.37. The van der Waals surface area contributed by atoms with Gasteiger partial charge in [-0.05, 0) is 77.9 Å². The van der Waals surface area contributed by atoms with Gasteiger partial charge in [0.1, 0.15) is 10.9 Å². The molecule has 5 rings (SSSR count). The standard InChI is InChI=1S/C36H26Cl3N3O3S/c37-26-16-15-25(30(39)22-26)21-32(42-34(43)24-11-5-2-6-12-24)35(44)40-27-17-19-28(20-18-27)46-33(23-9-3-1-4-10-23)36(45)41-31-14-8-7-13-29(31)38/h1-22,33H,(H,40,44)(H,41,45)(H,42,43)/b32-21-. The Kier molecular flexibility index (Phi) is 11.2. The van der Waals surface area contributed by atoms with Crippen LogP contribution in [0.5, 0.6) is 0 Å². The summed E-state index contributed by atoms with van der Waals surface area (Å²) in [7, 11) is 0. The summed E-state index contributed by atoms with van der Waals surface area (Å²) < 4.78 is 0. The number of amides is 3. The summed E-state index contributed by atoms with van der Waals surface area (Å²) in [5.41, 5.74) is 2.69. The van der Waals surface area contributed by atoms with Crippen LogP contribution in [-0.4, -0.2) is 17.7 Å². The van der Waals surface area contributed by atoms with E-state index >= 15 is 0 Å². The molecule has 0 aliphatic heterocycles. The fourth-order valence-corrected chi connectivity index (χ4v) is 6.00. The quantitative estimate of drug-likeness (QED) is 0.101. The lowest BCUT2D eigenvalue weighted by molar-refractivity contribution is -0.116. The Labute approximate surface area is 285 Å². The van der Waals surface area contributed by atoms with E-state index in [1.165, 1.54) is 17.8 Å². The molecule has 10 heteroatoms. The van der Waals surface area contributed by atoms with E-state index in [-0.39, 0.29) is 11.6 Å². The van der Waals surface area contributed by atoms with E-state index in [1.807, 2.05) is 30.3 Å². The van der Waals surface area contributed by atoms with Crippen LogP contribution in [0.1, 0.15) is 26.7 Å². The van der Waals surface area contributed by atoms with Crippen molar-refractivity contribution in [2.75, 3.05) is 10.6 Å². The average molecular weight is 687 g/mol. The number of nitrogens with one attached hydrogen (secondary N) is 3. The molecule has 0 spiro atoms. The van der Waals surface area contributed by atoms with Gasteiger partial charge in [0.25, 0.3) is 11.8 Å². The predicted octanol–water partition coefficient (Wildman–Crippen LogP) is 9.53. The highest BCUT2D eigenvalue weighted by Gasteiger charge is 2.23. The maximum Gasteiger partial charge on any atom is 0.272 e. The molecule has 0 saturated carbocycles. The molecule has 230 valence electrons. The predicted molar refractivity (Wildman–Crippen MR) is 189 cm³/mol. The summed E-state index contributed by atoms with van der Waals surface area (Å²) in [6, 6.07) is 37.0. The Morgan fingerprint density at radius 1 is 0.674 bits per heavy atom. The van der Waals surface area contributed by atoms with Crippen molar-refractivity contribution in [1.29, 1.82) is 0 Å². The van der Waals surface area contributed by atoms with Crippen molar-refractivity contribution in [1.82, 2.24) is 5.32 Å². The molecule has 3 N–H and O–H groups in total. The molecule has 0 heterocycles. The van der Waals surface area contributed by atoms with Gasteiger partial charge in [0, 0.05) is 26.2 Å². The van der Waals surface area contributed by atoms with Crippen LogP contribution in [0.4, 0.5) is 11.4 Å². The normalized spacial score (nSPS) is 11.8. The smallest absolute Gasteiger partial charge is 0.272 e. The summed E-state index contributed by atoms with van der Waals surface area (Å²) in [4.78, 5) is 40.7. The van der Waals surface area contributed by atoms with Crippen LogP contribution >= 0.6 is 46.6 Å². The fraction of sp³-hybridized carbons (Fsp3) is 0.0278. The minimum Gasteiger partial charge on any atom is -0.323 e. The Bertz CT molecular complexity index is 1890. The maximum atomic E-state index is 13.5. The van der Waals surface area contributed by atoms with Gasteiger partial charge in [-0.1, -0.05) is 102 Å². The number of rotatable bonds is 10. The van der Waals surface area contributed by atoms with Crippen molar-refractivity contribution in [3.63, 3.8) is 0 Å². The number of anilines is 2. The van der Waals surface area contributed by atoms with E-state index in [9.17, 15) is 14.4 Å². The zero-order valence-electron chi connectivity index (χ0n) is 24.0. The molecular formula is C36H26Cl3N3O3S. The number of halogens is 3. The van der Waals surface area contributed by atoms with Crippen LogP contribution in [0, 0.1) is 0 Å². The summed E-state index contributed by atoms with van der Waals surface area (Å²) in [6.45, 7) is 0. The van der Waals surface area contributed by atoms with Crippen molar-refractivity contribution in [3.8, 4) is 0 Å². The topological polar surface area (TPSA) is 87.3 Å². The summed E-state index contributed by atoms with van der Waals surface area (Å²) in [5, 5.41) is 9.08. The maximum absolute atomic E-state index is 13.5. The van der Waals surface area contributed by atoms with Gasteiger partial charge in [-0.25, -0.2) is 0 Å². The number of hydrogen-bond donors (Lipinski definition) is 3.